The summed E-state index contributed by atoms with van der Waals surface area (Å²) in [6, 6.07) is 6.58. The lowest BCUT2D eigenvalue weighted by molar-refractivity contribution is 0.0955. The van der Waals surface area contributed by atoms with E-state index in [9.17, 15) is 18.0 Å². The third-order valence-corrected chi connectivity index (χ3v) is 6.55. The third kappa shape index (κ3) is 5.87. The first-order valence-corrected chi connectivity index (χ1v) is 13.4. The van der Waals surface area contributed by atoms with E-state index in [1.54, 1.807) is 24.1 Å². The molecule has 0 radical (unpaired) electrons. The number of ketones is 1. The van der Waals surface area contributed by atoms with Crippen molar-refractivity contribution in [2.75, 3.05) is 46.0 Å². The Morgan fingerprint density at radius 1 is 1.16 bits per heavy atom. The van der Waals surface area contributed by atoms with Gasteiger partial charge in [-0.25, -0.2) is 0 Å². The smallest absolute Gasteiger partial charge is 0.306 e. The van der Waals surface area contributed by atoms with Gasteiger partial charge in [0.25, 0.3) is 5.91 Å². The lowest BCUT2D eigenvalue weighted by atomic mass is 9.84. The van der Waals surface area contributed by atoms with Gasteiger partial charge in [0, 0.05) is 50.1 Å². The molecule has 2 aromatic rings. The van der Waals surface area contributed by atoms with Crippen LogP contribution in [-0.4, -0.2) is 71.9 Å². The number of rotatable bonds is 8. The molecule has 0 aliphatic carbocycles. The van der Waals surface area contributed by atoms with Gasteiger partial charge in [-0.05, 0) is 35.2 Å². The van der Waals surface area contributed by atoms with E-state index in [0.717, 1.165) is 11.8 Å². The van der Waals surface area contributed by atoms with E-state index in [1.165, 1.54) is 13.2 Å². The fourth-order valence-corrected chi connectivity index (χ4v) is 4.73. The average Bonchev–Trinajstić information content (AvgIpc) is 3.09. The molecule has 11 heteroatoms. The molecule has 37 heavy (non-hydrogen) atoms. The van der Waals surface area contributed by atoms with Crippen molar-refractivity contribution in [2.24, 2.45) is 0 Å². The van der Waals surface area contributed by atoms with Gasteiger partial charge in [-0.3, -0.25) is 15.0 Å². The largest absolute Gasteiger partial charge is 0.492 e. The Kier molecular flexibility index (Phi) is 7.59. The molecule has 1 amide bonds. The molecule has 10 nitrogen and oxygen atoms in total. The quantitative estimate of drug-likeness (QED) is 0.394. The summed E-state index contributed by atoms with van der Waals surface area (Å²) in [7, 11) is 2.76. The maximum atomic E-state index is 13.4. The number of amides is 1. The third-order valence-electron chi connectivity index (χ3n) is 6.07. The van der Waals surface area contributed by atoms with Crippen molar-refractivity contribution in [3.8, 4) is 11.5 Å². The zero-order valence-electron chi connectivity index (χ0n) is 22.5. The van der Waals surface area contributed by atoms with Crippen LogP contribution in [0.1, 0.15) is 58.2 Å². The molecule has 0 unspecified atom stereocenters. The lowest BCUT2D eigenvalue weighted by Crippen LogP contribution is -2.30. The lowest BCUT2D eigenvalue weighted by Gasteiger charge is -2.25. The standard InChI is InChI=1S/C26H34N4O6S/c1-26(2,3)19-9-15(11-22(23(19)35-7)36-37(8,33)34)21(31)14-30-13-16-10-20(29(5)6)18(25(32)28-4)12-17(16)24(30)27/h9-12,27H,13-14H2,1-8H3,(H,28,32). The number of benzene rings is 2. The highest BCUT2D eigenvalue weighted by Gasteiger charge is 2.31. The topological polar surface area (TPSA) is 129 Å². The van der Waals surface area contributed by atoms with Crippen molar-refractivity contribution >= 4 is 33.3 Å². The number of ether oxygens (including phenoxy) is 1. The van der Waals surface area contributed by atoms with Crippen LogP contribution in [0.25, 0.3) is 0 Å². The first kappa shape index (κ1) is 28.0. The van der Waals surface area contributed by atoms with Crippen molar-refractivity contribution in [1.82, 2.24) is 10.2 Å². The van der Waals surface area contributed by atoms with Gasteiger partial charge in [0.15, 0.2) is 17.3 Å². The number of carbonyl (C=O) groups is 2. The van der Waals surface area contributed by atoms with Gasteiger partial charge >= 0.3 is 10.1 Å². The summed E-state index contributed by atoms with van der Waals surface area (Å²) in [5.41, 5.74) is 2.96. The molecule has 2 aromatic carbocycles. The normalized spacial score (nSPS) is 13.3. The summed E-state index contributed by atoms with van der Waals surface area (Å²) >= 11 is 0. The van der Waals surface area contributed by atoms with E-state index in [4.69, 9.17) is 14.3 Å². The minimum absolute atomic E-state index is 0.0635. The molecule has 3 rings (SSSR count). The summed E-state index contributed by atoms with van der Waals surface area (Å²) in [6.45, 7) is 5.96. The number of carbonyl (C=O) groups excluding carboxylic acids is 2. The molecule has 0 saturated carbocycles. The Hall–Kier alpha value is -3.60. The molecule has 0 bridgehead atoms. The zero-order valence-corrected chi connectivity index (χ0v) is 23.3. The van der Waals surface area contributed by atoms with Gasteiger partial charge in [0.1, 0.15) is 5.84 Å². The molecular weight excluding hydrogens is 496 g/mol. The van der Waals surface area contributed by atoms with Gasteiger partial charge in [-0.2, -0.15) is 8.42 Å². The molecule has 200 valence electrons. The minimum atomic E-state index is -3.88. The van der Waals surface area contributed by atoms with Crippen LogP contribution in [0.4, 0.5) is 5.69 Å². The van der Waals surface area contributed by atoms with Crippen LogP contribution in [0.2, 0.25) is 0 Å². The van der Waals surface area contributed by atoms with Crippen molar-refractivity contribution in [3.63, 3.8) is 0 Å². The zero-order chi connectivity index (χ0) is 27.9. The summed E-state index contributed by atoms with van der Waals surface area (Å²) < 4.78 is 34.4. The predicted octanol–water partition coefficient (Wildman–Crippen LogP) is 2.78. The number of anilines is 1. The highest BCUT2D eigenvalue weighted by molar-refractivity contribution is 7.86. The monoisotopic (exact) mass is 530 g/mol. The van der Waals surface area contributed by atoms with Gasteiger partial charge in [-0.15, -0.1) is 0 Å². The SMILES string of the molecule is CNC(=O)c1cc2c(cc1N(C)C)CN(CC(=O)c1cc(OS(C)(=O)=O)c(OC)c(C(C)(C)C)c1)C2=N. The summed E-state index contributed by atoms with van der Waals surface area (Å²) in [4.78, 5) is 29.3. The fraction of sp³-hybridized carbons (Fsp3) is 0.423. The number of hydrogen-bond donors (Lipinski definition) is 2. The number of methoxy groups -OCH3 is 1. The van der Waals surface area contributed by atoms with E-state index in [-0.39, 0.29) is 41.1 Å². The average molecular weight is 531 g/mol. The van der Waals surface area contributed by atoms with Crippen LogP contribution in [-0.2, 0) is 22.1 Å². The minimum Gasteiger partial charge on any atom is -0.492 e. The van der Waals surface area contributed by atoms with Crippen LogP contribution in [0, 0.1) is 5.41 Å². The second kappa shape index (κ2) is 10.0. The van der Waals surface area contributed by atoms with Gasteiger partial charge < -0.3 is 24.0 Å². The van der Waals surface area contributed by atoms with Crippen molar-refractivity contribution in [2.45, 2.75) is 32.7 Å². The van der Waals surface area contributed by atoms with E-state index >= 15 is 0 Å². The molecule has 1 heterocycles. The summed E-state index contributed by atoms with van der Waals surface area (Å²) in [5.74, 6) is -0.264. The van der Waals surface area contributed by atoms with E-state index in [0.29, 0.717) is 28.9 Å². The van der Waals surface area contributed by atoms with Crippen molar-refractivity contribution < 1.29 is 26.9 Å². The fourth-order valence-electron chi connectivity index (χ4n) is 4.28. The number of Topliss-reactive ketones (excluding diaryl/α,β-unsaturated/α-hetero) is 1. The molecular formula is C26H34N4O6S. The van der Waals surface area contributed by atoms with Crippen LogP contribution in [0.3, 0.4) is 0 Å². The van der Waals surface area contributed by atoms with Crippen LogP contribution >= 0.6 is 0 Å². The number of fused-ring (bicyclic) bond motifs is 1. The molecule has 0 fully saturated rings. The number of nitrogens with zero attached hydrogens (tertiary/aromatic N) is 2. The first-order valence-electron chi connectivity index (χ1n) is 11.6. The molecule has 0 spiro atoms. The van der Waals surface area contributed by atoms with E-state index < -0.39 is 15.5 Å². The maximum Gasteiger partial charge on any atom is 0.306 e. The van der Waals surface area contributed by atoms with E-state index in [1.807, 2.05) is 45.8 Å². The second-order valence-electron chi connectivity index (χ2n) is 10.2. The molecule has 1 aliphatic heterocycles. The molecule has 0 saturated heterocycles. The van der Waals surface area contributed by atoms with Crippen LogP contribution in [0.5, 0.6) is 11.5 Å². The Morgan fingerprint density at radius 3 is 2.32 bits per heavy atom. The van der Waals surface area contributed by atoms with Crippen molar-refractivity contribution in [1.29, 1.82) is 5.41 Å². The van der Waals surface area contributed by atoms with E-state index in [2.05, 4.69) is 5.32 Å². The molecule has 1 aliphatic rings. The first-order chi connectivity index (χ1) is 17.1. The Labute approximate surface area is 218 Å². The van der Waals surface area contributed by atoms with Crippen LogP contribution < -0.4 is 19.1 Å². The van der Waals surface area contributed by atoms with Gasteiger partial charge in [0.2, 0.25) is 0 Å². The maximum absolute atomic E-state index is 13.4. The number of amidine groups is 1. The summed E-state index contributed by atoms with van der Waals surface area (Å²) in [5, 5.41) is 11.3. The van der Waals surface area contributed by atoms with Crippen molar-refractivity contribution in [3.05, 3.63) is 52.1 Å². The number of hydrogen-bond acceptors (Lipinski definition) is 8. The second-order valence-corrected chi connectivity index (χ2v) is 11.8. The number of nitrogens with one attached hydrogen (secondary N) is 2. The molecule has 2 N–H and O–H groups in total. The summed E-state index contributed by atoms with van der Waals surface area (Å²) in [6.07, 6.45) is 0.926. The molecule has 0 atom stereocenters. The Morgan fingerprint density at radius 2 is 1.81 bits per heavy atom. The molecule has 0 aromatic heterocycles. The van der Waals surface area contributed by atoms with Gasteiger partial charge in [-0.1, -0.05) is 20.8 Å². The Bertz CT molecular complexity index is 1380. The highest BCUT2D eigenvalue weighted by Crippen LogP contribution is 2.40. The van der Waals surface area contributed by atoms with Crippen LogP contribution in [0.15, 0.2) is 24.3 Å². The highest BCUT2D eigenvalue weighted by atomic mass is 32.2. The Balaban J connectivity index is 1.99. The van der Waals surface area contributed by atoms with Gasteiger partial charge in [0.05, 0.1) is 25.5 Å². The predicted molar refractivity (Wildman–Crippen MR) is 143 cm³/mol.